The van der Waals surface area contributed by atoms with Gasteiger partial charge in [-0.3, -0.25) is 4.79 Å². The third-order valence-corrected chi connectivity index (χ3v) is 4.63. The summed E-state index contributed by atoms with van der Waals surface area (Å²) in [5.74, 6) is -0.190. The summed E-state index contributed by atoms with van der Waals surface area (Å²) in [7, 11) is 0. The zero-order valence-electron chi connectivity index (χ0n) is 12.8. The minimum atomic E-state index is -0.284. The Labute approximate surface area is 126 Å². The Hall–Kier alpha value is -1.42. The molecule has 0 radical (unpaired) electrons. The van der Waals surface area contributed by atoms with Crippen molar-refractivity contribution in [3.05, 3.63) is 30.1 Å². The Morgan fingerprint density at radius 3 is 2.38 bits per heavy atom. The molecule has 0 atom stereocenters. The van der Waals surface area contributed by atoms with Crippen LogP contribution in [0.25, 0.3) is 0 Å². The summed E-state index contributed by atoms with van der Waals surface area (Å²) >= 11 is 0. The maximum absolute atomic E-state index is 13.0. The molecule has 0 aliphatic heterocycles. The fourth-order valence-electron chi connectivity index (χ4n) is 3.30. The Kier molecular flexibility index (Phi) is 5.34. The summed E-state index contributed by atoms with van der Waals surface area (Å²) in [6, 6.07) is 6.11. The fraction of sp³-hybridized carbons (Fsp3) is 0.588. The van der Waals surface area contributed by atoms with Gasteiger partial charge in [-0.15, -0.1) is 0 Å². The molecule has 21 heavy (non-hydrogen) atoms. The molecule has 1 amide bonds. The van der Waals surface area contributed by atoms with Gasteiger partial charge in [0.25, 0.3) is 0 Å². The van der Waals surface area contributed by atoms with Crippen LogP contribution in [0.15, 0.2) is 24.3 Å². The van der Waals surface area contributed by atoms with Crippen LogP contribution >= 0.6 is 0 Å². The summed E-state index contributed by atoms with van der Waals surface area (Å²) in [4.78, 5) is 14.4. The molecule has 1 aliphatic carbocycles. The molecule has 1 fully saturated rings. The number of nitrogens with two attached hydrogens (primary N) is 1. The van der Waals surface area contributed by atoms with E-state index in [1.54, 1.807) is 17.0 Å². The first kappa shape index (κ1) is 16.0. The van der Waals surface area contributed by atoms with E-state index in [0.717, 1.165) is 31.4 Å². The third kappa shape index (κ3) is 3.82. The highest BCUT2D eigenvalue weighted by molar-refractivity contribution is 5.93. The lowest BCUT2D eigenvalue weighted by Gasteiger charge is -2.37. The Morgan fingerprint density at radius 1 is 1.24 bits per heavy atom. The van der Waals surface area contributed by atoms with Crippen LogP contribution in [0, 0.1) is 11.2 Å². The Balaban J connectivity index is 2.10. The van der Waals surface area contributed by atoms with Crippen LogP contribution in [0.2, 0.25) is 0 Å². The molecule has 1 aromatic rings. The van der Waals surface area contributed by atoms with Gasteiger partial charge in [-0.25, -0.2) is 4.39 Å². The van der Waals surface area contributed by atoms with E-state index in [-0.39, 0.29) is 17.1 Å². The van der Waals surface area contributed by atoms with Gasteiger partial charge in [-0.1, -0.05) is 19.3 Å². The number of nitrogens with zero attached hydrogens (tertiary/aromatic N) is 1. The molecule has 1 saturated carbocycles. The standard InChI is InChI=1S/C17H25FN2O/c1-2-20(15-8-6-14(18)7-9-15)16(21)12-17(13-19)10-4-3-5-11-17/h6-9H,2-5,10-13,19H2,1H3. The second-order valence-corrected chi connectivity index (χ2v) is 6.06. The molecular formula is C17H25FN2O. The minimum Gasteiger partial charge on any atom is -0.330 e. The van der Waals surface area contributed by atoms with Crippen molar-refractivity contribution >= 4 is 11.6 Å². The highest BCUT2D eigenvalue weighted by Gasteiger charge is 2.34. The second-order valence-electron chi connectivity index (χ2n) is 6.06. The van der Waals surface area contributed by atoms with Crippen LogP contribution in [0.3, 0.4) is 0 Å². The number of benzene rings is 1. The average molecular weight is 292 g/mol. The zero-order chi connectivity index (χ0) is 15.3. The first-order chi connectivity index (χ1) is 10.1. The van der Waals surface area contributed by atoms with Crippen molar-refractivity contribution < 1.29 is 9.18 Å². The van der Waals surface area contributed by atoms with E-state index >= 15 is 0 Å². The van der Waals surface area contributed by atoms with Crippen molar-refractivity contribution in [2.24, 2.45) is 11.1 Å². The highest BCUT2D eigenvalue weighted by Crippen LogP contribution is 2.39. The number of rotatable bonds is 5. The first-order valence-corrected chi connectivity index (χ1v) is 7.86. The normalized spacial score (nSPS) is 17.5. The molecule has 2 rings (SSSR count). The van der Waals surface area contributed by atoms with Gasteiger partial charge in [-0.05, 0) is 56.0 Å². The number of hydrogen-bond acceptors (Lipinski definition) is 2. The van der Waals surface area contributed by atoms with Crippen molar-refractivity contribution in [1.29, 1.82) is 0 Å². The molecule has 0 aromatic heterocycles. The summed E-state index contributed by atoms with van der Waals surface area (Å²) in [5.41, 5.74) is 6.68. The van der Waals surface area contributed by atoms with E-state index in [2.05, 4.69) is 0 Å². The molecule has 3 nitrogen and oxygen atoms in total. The largest absolute Gasteiger partial charge is 0.330 e. The van der Waals surface area contributed by atoms with Crippen molar-refractivity contribution in [1.82, 2.24) is 0 Å². The van der Waals surface area contributed by atoms with Crippen LogP contribution < -0.4 is 10.6 Å². The van der Waals surface area contributed by atoms with Gasteiger partial charge in [-0.2, -0.15) is 0 Å². The maximum Gasteiger partial charge on any atom is 0.227 e. The molecule has 0 spiro atoms. The number of hydrogen-bond donors (Lipinski definition) is 1. The van der Waals surface area contributed by atoms with E-state index in [1.165, 1.54) is 18.6 Å². The third-order valence-electron chi connectivity index (χ3n) is 4.63. The molecule has 116 valence electrons. The average Bonchev–Trinajstić information content (AvgIpc) is 2.51. The summed E-state index contributed by atoms with van der Waals surface area (Å²) < 4.78 is 13.0. The van der Waals surface area contributed by atoms with Gasteiger partial charge in [0, 0.05) is 18.7 Å². The molecular weight excluding hydrogens is 267 g/mol. The van der Waals surface area contributed by atoms with E-state index in [9.17, 15) is 9.18 Å². The molecule has 0 bridgehead atoms. The lowest BCUT2D eigenvalue weighted by Crippen LogP contribution is -2.40. The van der Waals surface area contributed by atoms with Gasteiger partial charge < -0.3 is 10.6 Å². The predicted molar refractivity (Wildman–Crippen MR) is 83.6 cm³/mol. The molecule has 1 aromatic carbocycles. The number of halogens is 1. The van der Waals surface area contributed by atoms with E-state index in [4.69, 9.17) is 5.73 Å². The number of carbonyl (C=O) groups excluding carboxylic acids is 1. The molecule has 0 saturated heterocycles. The van der Waals surface area contributed by atoms with Crippen LogP contribution in [0.4, 0.5) is 10.1 Å². The SMILES string of the molecule is CCN(C(=O)CC1(CN)CCCCC1)c1ccc(F)cc1. The van der Waals surface area contributed by atoms with Crippen LogP contribution in [-0.4, -0.2) is 19.0 Å². The zero-order valence-corrected chi connectivity index (χ0v) is 12.8. The lowest BCUT2D eigenvalue weighted by molar-refractivity contribution is -0.121. The van der Waals surface area contributed by atoms with Gasteiger partial charge in [0.2, 0.25) is 5.91 Å². The Morgan fingerprint density at radius 2 is 1.86 bits per heavy atom. The number of amides is 1. The van der Waals surface area contributed by atoms with Crippen molar-refractivity contribution in [2.45, 2.75) is 45.4 Å². The van der Waals surface area contributed by atoms with Gasteiger partial charge in [0.1, 0.15) is 5.82 Å². The fourth-order valence-corrected chi connectivity index (χ4v) is 3.30. The highest BCUT2D eigenvalue weighted by atomic mass is 19.1. The number of anilines is 1. The van der Waals surface area contributed by atoms with E-state index < -0.39 is 0 Å². The minimum absolute atomic E-state index is 0.0389. The summed E-state index contributed by atoms with van der Waals surface area (Å²) in [5, 5.41) is 0. The summed E-state index contributed by atoms with van der Waals surface area (Å²) in [6.07, 6.45) is 6.13. The predicted octanol–water partition coefficient (Wildman–Crippen LogP) is 3.48. The molecule has 1 aliphatic rings. The van der Waals surface area contributed by atoms with Crippen molar-refractivity contribution in [3.63, 3.8) is 0 Å². The van der Waals surface area contributed by atoms with Crippen LogP contribution in [0.1, 0.15) is 45.4 Å². The van der Waals surface area contributed by atoms with E-state index in [0.29, 0.717) is 19.5 Å². The van der Waals surface area contributed by atoms with Crippen molar-refractivity contribution in [3.8, 4) is 0 Å². The maximum atomic E-state index is 13.0. The quantitative estimate of drug-likeness (QED) is 0.903. The van der Waals surface area contributed by atoms with Crippen molar-refractivity contribution in [2.75, 3.05) is 18.0 Å². The lowest BCUT2D eigenvalue weighted by atomic mass is 9.71. The molecule has 4 heteroatoms. The monoisotopic (exact) mass is 292 g/mol. The van der Waals surface area contributed by atoms with Gasteiger partial charge >= 0.3 is 0 Å². The molecule has 0 unspecified atom stereocenters. The molecule has 0 heterocycles. The Bertz CT molecular complexity index is 466. The van der Waals surface area contributed by atoms with E-state index in [1.807, 2.05) is 6.92 Å². The van der Waals surface area contributed by atoms with Crippen LogP contribution in [-0.2, 0) is 4.79 Å². The smallest absolute Gasteiger partial charge is 0.227 e. The second kappa shape index (κ2) is 7.03. The topological polar surface area (TPSA) is 46.3 Å². The first-order valence-electron chi connectivity index (χ1n) is 7.86. The number of carbonyl (C=O) groups is 1. The van der Waals surface area contributed by atoms with Crippen LogP contribution in [0.5, 0.6) is 0 Å². The van der Waals surface area contributed by atoms with Gasteiger partial charge in [0.15, 0.2) is 0 Å². The summed E-state index contributed by atoms with van der Waals surface area (Å²) in [6.45, 7) is 3.10. The van der Waals surface area contributed by atoms with Gasteiger partial charge in [0.05, 0.1) is 0 Å². The molecule has 2 N–H and O–H groups in total.